The van der Waals surface area contributed by atoms with Gasteiger partial charge in [0.25, 0.3) is 5.91 Å². The van der Waals surface area contributed by atoms with Crippen LogP contribution in [0.3, 0.4) is 0 Å². The van der Waals surface area contributed by atoms with Gasteiger partial charge in [-0.2, -0.15) is 0 Å². The average Bonchev–Trinajstić information content (AvgIpc) is 2.35. The lowest BCUT2D eigenvalue weighted by atomic mass is 10.2. The fourth-order valence-corrected chi connectivity index (χ4v) is 1.63. The number of nitrogens with one attached hydrogen (secondary N) is 2. The SMILES string of the molecule is NC(=O)OCCNc1cc2c(cc1N)OCC(=O)N2. The number of fused-ring (bicyclic) bond motifs is 1. The summed E-state index contributed by atoms with van der Waals surface area (Å²) in [5.41, 5.74) is 12.3. The van der Waals surface area contributed by atoms with Crippen molar-refractivity contribution in [2.45, 2.75) is 0 Å². The zero-order valence-electron chi connectivity index (χ0n) is 10.1. The molecule has 1 heterocycles. The molecule has 0 fully saturated rings. The Morgan fingerprint density at radius 3 is 3.05 bits per heavy atom. The summed E-state index contributed by atoms with van der Waals surface area (Å²) >= 11 is 0. The summed E-state index contributed by atoms with van der Waals surface area (Å²) in [6.07, 6.45) is -0.833. The van der Waals surface area contributed by atoms with Crippen LogP contribution in [0.25, 0.3) is 0 Å². The fraction of sp³-hybridized carbons (Fsp3) is 0.273. The fourth-order valence-electron chi connectivity index (χ4n) is 1.63. The number of hydrogen-bond acceptors (Lipinski definition) is 6. The molecular weight excluding hydrogens is 252 g/mol. The third-order valence-corrected chi connectivity index (χ3v) is 2.45. The molecule has 102 valence electrons. The van der Waals surface area contributed by atoms with Crippen LogP contribution < -0.4 is 26.8 Å². The van der Waals surface area contributed by atoms with Gasteiger partial charge in [0.1, 0.15) is 12.4 Å². The van der Waals surface area contributed by atoms with Gasteiger partial charge >= 0.3 is 6.09 Å². The number of ether oxygens (including phenoxy) is 2. The van der Waals surface area contributed by atoms with E-state index in [-0.39, 0.29) is 19.1 Å². The topological polar surface area (TPSA) is 129 Å². The molecule has 0 saturated carbocycles. The first-order chi connectivity index (χ1) is 9.06. The number of nitrogen functional groups attached to an aromatic ring is 1. The maximum Gasteiger partial charge on any atom is 0.404 e. The quantitative estimate of drug-likeness (QED) is 0.452. The molecule has 2 amide bonds. The zero-order chi connectivity index (χ0) is 13.8. The van der Waals surface area contributed by atoms with Gasteiger partial charge in [-0.05, 0) is 6.07 Å². The smallest absolute Gasteiger partial charge is 0.404 e. The second kappa shape index (κ2) is 5.34. The van der Waals surface area contributed by atoms with Crippen LogP contribution >= 0.6 is 0 Å². The predicted molar refractivity (Wildman–Crippen MR) is 69.0 cm³/mol. The molecule has 8 heteroatoms. The predicted octanol–water partition coefficient (Wildman–Crippen LogP) is 0.107. The molecule has 1 aliphatic rings. The van der Waals surface area contributed by atoms with E-state index in [0.29, 0.717) is 29.4 Å². The summed E-state index contributed by atoms with van der Waals surface area (Å²) in [6.45, 7) is 0.446. The Bertz CT molecular complexity index is 518. The van der Waals surface area contributed by atoms with Crippen molar-refractivity contribution in [3.63, 3.8) is 0 Å². The molecular formula is C11H14N4O4. The Balaban J connectivity index is 2.02. The Hall–Kier alpha value is -2.64. The monoisotopic (exact) mass is 266 g/mol. The minimum absolute atomic E-state index is 0.0222. The van der Waals surface area contributed by atoms with E-state index in [4.69, 9.17) is 16.2 Å². The van der Waals surface area contributed by atoms with Gasteiger partial charge in [0.05, 0.1) is 17.1 Å². The average molecular weight is 266 g/mol. The van der Waals surface area contributed by atoms with Crippen LogP contribution in [-0.2, 0) is 9.53 Å². The van der Waals surface area contributed by atoms with Gasteiger partial charge in [-0.3, -0.25) is 4.79 Å². The second-order valence-electron chi connectivity index (χ2n) is 3.87. The Labute approximate surface area is 109 Å². The van der Waals surface area contributed by atoms with Crippen LogP contribution in [0.2, 0.25) is 0 Å². The molecule has 1 aromatic carbocycles. The highest BCUT2D eigenvalue weighted by atomic mass is 16.5. The van der Waals surface area contributed by atoms with E-state index >= 15 is 0 Å². The maximum atomic E-state index is 11.2. The van der Waals surface area contributed by atoms with Crippen molar-refractivity contribution < 1.29 is 19.1 Å². The highest BCUT2D eigenvalue weighted by Gasteiger charge is 2.17. The van der Waals surface area contributed by atoms with E-state index in [1.807, 2.05) is 0 Å². The van der Waals surface area contributed by atoms with Crippen LogP contribution in [0.1, 0.15) is 0 Å². The summed E-state index contributed by atoms with van der Waals surface area (Å²) < 4.78 is 9.80. The third kappa shape index (κ3) is 3.18. The number of anilines is 3. The van der Waals surface area contributed by atoms with E-state index < -0.39 is 6.09 Å². The van der Waals surface area contributed by atoms with Crippen LogP contribution in [0.4, 0.5) is 21.9 Å². The molecule has 0 spiro atoms. The lowest BCUT2D eigenvalue weighted by Crippen LogP contribution is -2.25. The number of carbonyl (C=O) groups excluding carboxylic acids is 2. The van der Waals surface area contributed by atoms with Gasteiger partial charge in [0.2, 0.25) is 0 Å². The molecule has 0 atom stereocenters. The number of nitrogens with two attached hydrogens (primary N) is 2. The highest BCUT2D eigenvalue weighted by Crippen LogP contribution is 2.34. The molecule has 0 saturated heterocycles. The van der Waals surface area contributed by atoms with Gasteiger partial charge in [-0.1, -0.05) is 0 Å². The van der Waals surface area contributed by atoms with Crippen molar-refractivity contribution in [3.05, 3.63) is 12.1 Å². The zero-order valence-corrected chi connectivity index (χ0v) is 10.1. The van der Waals surface area contributed by atoms with E-state index in [1.54, 1.807) is 12.1 Å². The first-order valence-electron chi connectivity index (χ1n) is 5.58. The lowest BCUT2D eigenvalue weighted by Gasteiger charge is -2.20. The molecule has 6 N–H and O–H groups in total. The van der Waals surface area contributed by atoms with Gasteiger partial charge in [-0.15, -0.1) is 0 Å². The van der Waals surface area contributed by atoms with Crippen LogP contribution in [0, 0.1) is 0 Å². The first kappa shape index (κ1) is 12.8. The van der Waals surface area contributed by atoms with Crippen molar-refractivity contribution in [2.24, 2.45) is 5.73 Å². The third-order valence-electron chi connectivity index (χ3n) is 2.45. The van der Waals surface area contributed by atoms with Gasteiger partial charge < -0.3 is 31.6 Å². The first-order valence-corrected chi connectivity index (χ1v) is 5.58. The van der Waals surface area contributed by atoms with Crippen molar-refractivity contribution >= 4 is 29.1 Å². The number of primary amides is 1. The van der Waals surface area contributed by atoms with Gasteiger partial charge in [-0.25, -0.2) is 4.79 Å². The number of benzene rings is 1. The minimum Gasteiger partial charge on any atom is -0.482 e. The summed E-state index contributed by atoms with van der Waals surface area (Å²) in [6, 6.07) is 3.28. The number of carbonyl (C=O) groups is 2. The Kier molecular flexibility index (Phi) is 3.60. The largest absolute Gasteiger partial charge is 0.482 e. The highest BCUT2D eigenvalue weighted by molar-refractivity contribution is 5.97. The van der Waals surface area contributed by atoms with E-state index in [2.05, 4.69) is 15.4 Å². The van der Waals surface area contributed by atoms with Crippen LogP contribution in [-0.4, -0.2) is 31.8 Å². The second-order valence-corrected chi connectivity index (χ2v) is 3.87. The Morgan fingerprint density at radius 2 is 2.32 bits per heavy atom. The molecule has 19 heavy (non-hydrogen) atoms. The normalized spacial score (nSPS) is 12.9. The van der Waals surface area contributed by atoms with Gasteiger partial charge in [0, 0.05) is 12.6 Å². The molecule has 0 radical (unpaired) electrons. The number of amides is 2. The van der Waals surface area contributed by atoms with Crippen LogP contribution in [0.5, 0.6) is 5.75 Å². The number of hydrogen-bond donors (Lipinski definition) is 4. The molecule has 0 aromatic heterocycles. The molecule has 2 rings (SSSR count). The molecule has 8 nitrogen and oxygen atoms in total. The number of rotatable bonds is 4. The maximum absolute atomic E-state index is 11.2. The van der Waals surface area contributed by atoms with Crippen molar-refractivity contribution in [1.82, 2.24) is 0 Å². The minimum atomic E-state index is -0.833. The van der Waals surface area contributed by atoms with Crippen LogP contribution in [0.15, 0.2) is 12.1 Å². The summed E-state index contributed by atoms with van der Waals surface area (Å²) in [7, 11) is 0. The molecule has 0 unspecified atom stereocenters. The molecule has 1 aliphatic heterocycles. The van der Waals surface area contributed by atoms with E-state index in [0.717, 1.165) is 0 Å². The standard InChI is InChI=1S/C11H14N4O4/c12-6-3-9-8(15-10(16)5-19-9)4-7(6)14-1-2-18-11(13)17/h3-4,14H,1-2,5,12H2,(H2,13,17)(H,15,16). The summed E-state index contributed by atoms with van der Waals surface area (Å²) in [5.74, 6) is 0.302. The van der Waals surface area contributed by atoms with Crippen molar-refractivity contribution in [2.75, 3.05) is 36.1 Å². The van der Waals surface area contributed by atoms with Crippen molar-refractivity contribution in [3.8, 4) is 5.75 Å². The van der Waals surface area contributed by atoms with Crippen molar-refractivity contribution in [1.29, 1.82) is 0 Å². The molecule has 1 aromatic rings. The van der Waals surface area contributed by atoms with E-state index in [1.165, 1.54) is 0 Å². The molecule has 0 aliphatic carbocycles. The van der Waals surface area contributed by atoms with E-state index in [9.17, 15) is 9.59 Å². The Morgan fingerprint density at radius 1 is 1.53 bits per heavy atom. The van der Waals surface area contributed by atoms with Gasteiger partial charge in [0.15, 0.2) is 6.61 Å². The molecule has 0 bridgehead atoms. The summed E-state index contributed by atoms with van der Waals surface area (Å²) in [5, 5.41) is 5.64. The lowest BCUT2D eigenvalue weighted by molar-refractivity contribution is -0.118. The summed E-state index contributed by atoms with van der Waals surface area (Å²) in [4.78, 5) is 21.6.